The lowest BCUT2D eigenvalue weighted by molar-refractivity contribution is 1.50. The van der Waals surface area contributed by atoms with Gasteiger partial charge in [-0.05, 0) is 12.1 Å². The van der Waals surface area contributed by atoms with Crippen LogP contribution >= 0.6 is 11.3 Å². The Morgan fingerprint density at radius 2 is 2.33 bits per heavy atom. The highest BCUT2D eigenvalue weighted by atomic mass is 32.1. The summed E-state index contributed by atoms with van der Waals surface area (Å²) < 4.78 is 0.880. The molecule has 1 aromatic carbocycles. The number of nitrogen functional groups attached to an aromatic ring is 1. The summed E-state index contributed by atoms with van der Waals surface area (Å²) in [6.45, 7) is 6.93. The molecule has 0 saturated heterocycles. The van der Waals surface area contributed by atoms with E-state index in [1.165, 1.54) is 11.3 Å². The summed E-state index contributed by atoms with van der Waals surface area (Å²) in [7, 11) is 0. The average molecular weight is 175 g/mol. The van der Waals surface area contributed by atoms with Crippen molar-refractivity contribution in [2.75, 3.05) is 5.73 Å². The molecular formula is C8H5N3S. The number of nitrogens with two attached hydrogens (primary N) is 1. The van der Waals surface area contributed by atoms with E-state index >= 15 is 0 Å². The number of nitrogens with zero attached hydrogens (tertiary/aromatic N) is 2. The van der Waals surface area contributed by atoms with Crippen LogP contribution in [0.5, 0.6) is 0 Å². The first kappa shape index (κ1) is 7.07. The summed E-state index contributed by atoms with van der Waals surface area (Å²) in [5, 5.41) is 0. The zero-order chi connectivity index (χ0) is 8.55. The third-order valence-corrected chi connectivity index (χ3v) is 2.47. The van der Waals surface area contributed by atoms with Gasteiger partial charge < -0.3 is 5.73 Å². The van der Waals surface area contributed by atoms with Crippen LogP contribution in [0.3, 0.4) is 0 Å². The highest BCUT2D eigenvalue weighted by Gasteiger charge is 2.06. The van der Waals surface area contributed by atoms with E-state index in [9.17, 15) is 0 Å². The maximum absolute atomic E-state index is 6.93. The molecule has 2 rings (SSSR count). The van der Waals surface area contributed by atoms with Crippen molar-refractivity contribution >= 4 is 32.9 Å². The maximum Gasteiger partial charge on any atom is 0.228 e. The van der Waals surface area contributed by atoms with Crippen molar-refractivity contribution in [2.24, 2.45) is 0 Å². The molecule has 0 atom stereocenters. The van der Waals surface area contributed by atoms with Gasteiger partial charge in [0.15, 0.2) is 0 Å². The van der Waals surface area contributed by atoms with Crippen LogP contribution in [-0.4, -0.2) is 4.98 Å². The fourth-order valence-electron chi connectivity index (χ4n) is 1.04. The van der Waals surface area contributed by atoms with E-state index in [1.54, 1.807) is 11.6 Å². The molecule has 0 aliphatic heterocycles. The third kappa shape index (κ3) is 0.840. The van der Waals surface area contributed by atoms with E-state index < -0.39 is 0 Å². The molecule has 2 aromatic rings. The first-order valence-electron chi connectivity index (χ1n) is 3.32. The number of fused-ring (bicyclic) bond motifs is 1. The van der Waals surface area contributed by atoms with E-state index in [0.29, 0.717) is 11.4 Å². The number of hydrogen-bond acceptors (Lipinski definition) is 3. The molecule has 0 spiro atoms. The summed E-state index contributed by atoms with van der Waals surface area (Å²) in [5.74, 6) is 0. The molecule has 0 aliphatic carbocycles. The fourth-order valence-corrected chi connectivity index (χ4v) is 1.83. The minimum Gasteiger partial charge on any atom is -0.407 e. The van der Waals surface area contributed by atoms with E-state index in [2.05, 4.69) is 9.83 Å². The lowest BCUT2D eigenvalue weighted by Gasteiger charge is -1.95. The van der Waals surface area contributed by atoms with E-state index in [4.69, 9.17) is 12.3 Å². The monoisotopic (exact) mass is 175 g/mol. The largest absolute Gasteiger partial charge is 0.407 e. The average Bonchev–Trinajstić information content (AvgIpc) is 2.52. The number of aromatic nitrogens is 1. The number of thiazole rings is 1. The van der Waals surface area contributed by atoms with Gasteiger partial charge in [0, 0.05) is 5.69 Å². The standard InChI is InChI=1S/C8H5N3S/c1-10-7-5(9)2-3-6-8(7)12-4-11-6/h2-4H,9H2. The zero-order valence-electron chi connectivity index (χ0n) is 6.11. The molecule has 0 unspecified atom stereocenters. The molecule has 0 saturated carbocycles. The summed E-state index contributed by atoms with van der Waals surface area (Å²) in [6.07, 6.45) is 0. The quantitative estimate of drug-likeness (QED) is 0.493. The highest BCUT2D eigenvalue weighted by molar-refractivity contribution is 7.17. The van der Waals surface area contributed by atoms with Crippen molar-refractivity contribution in [3.8, 4) is 0 Å². The van der Waals surface area contributed by atoms with Crippen LogP contribution in [0.25, 0.3) is 15.1 Å². The topological polar surface area (TPSA) is 43.3 Å². The molecule has 0 bridgehead atoms. The Kier molecular flexibility index (Phi) is 1.45. The number of rotatable bonds is 0. The predicted octanol–water partition coefficient (Wildman–Crippen LogP) is 2.43. The molecule has 12 heavy (non-hydrogen) atoms. The zero-order valence-corrected chi connectivity index (χ0v) is 6.93. The van der Waals surface area contributed by atoms with Gasteiger partial charge in [-0.15, -0.1) is 11.3 Å². The Morgan fingerprint density at radius 1 is 1.50 bits per heavy atom. The second-order valence-corrected chi connectivity index (χ2v) is 3.17. The summed E-state index contributed by atoms with van der Waals surface area (Å²) in [6, 6.07) is 3.55. The molecule has 1 heterocycles. The lowest BCUT2D eigenvalue weighted by atomic mass is 10.2. The van der Waals surface area contributed by atoms with Gasteiger partial charge in [-0.1, -0.05) is 0 Å². The Labute approximate surface area is 73.3 Å². The molecule has 0 amide bonds. The smallest absolute Gasteiger partial charge is 0.228 e. The van der Waals surface area contributed by atoms with Crippen LogP contribution in [0, 0.1) is 6.57 Å². The summed E-state index contributed by atoms with van der Waals surface area (Å²) >= 11 is 1.45. The van der Waals surface area contributed by atoms with Gasteiger partial charge in [0.25, 0.3) is 0 Å². The molecular weight excluding hydrogens is 170 g/mol. The lowest BCUT2D eigenvalue weighted by Crippen LogP contribution is -1.83. The van der Waals surface area contributed by atoms with Gasteiger partial charge >= 0.3 is 0 Å². The van der Waals surface area contributed by atoms with Gasteiger partial charge in [0.05, 0.1) is 22.3 Å². The Bertz CT molecular complexity index is 467. The van der Waals surface area contributed by atoms with E-state index in [0.717, 1.165) is 10.2 Å². The summed E-state index contributed by atoms with van der Waals surface area (Å²) in [5.41, 5.74) is 9.24. The van der Waals surface area contributed by atoms with Crippen LogP contribution in [-0.2, 0) is 0 Å². The molecule has 1 aromatic heterocycles. The fraction of sp³-hybridized carbons (Fsp3) is 0. The number of hydrogen-bond donors (Lipinski definition) is 1. The Morgan fingerprint density at radius 3 is 3.08 bits per heavy atom. The molecule has 0 radical (unpaired) electrons. The second-order valence-electron chi connectivity index (χ2n) is 2.32. The highest BCUT2D eigenvalue weighted by Crippen LogP contribution is 2.34. The van der Waals surface area contributed by atoms with Crippen molar-refractivity contribution in [2.45, 2.75) is 0 Å². The van der Waals surface area contributed by atoms with Gasteiger partial charge in [-0.25, -0.2) is 9.83 Å². The van der Waals surface area contributed by atoms with Crippen molar-refractivity contribution in [3.05, 3.63) is 29.1 Å². The second kappa shape index (κ2) is 2.47. The Hall–Kier alpha value is -1.60. The maximum atomic E-state index is 6.93. The first-order chi connectivity index (χ1) is 5.83. The minimum atomic E-state index is 0.523. The molecule has 4 heteroatoms. The van der Waals surface area contributed by atoms with Crippen molar-refractivity contribution in [1.29, 1.82) is 0 Å². The van der Waals surface area contributed by atoms with Gasteiger partial charge in [-0.3, -0.25) is 0 Å². The van der Waals surface area contributed by atoms with E-state index in [-0.39, 0.29) is 0 Å². The molecule has 0 aliphatic rings. The predicted molar refractivity (Wildman–Crippen MR) is 50.3 cm³/mol. The molecule has 3 nitrogen and oxygen atoms in total. The third-order valence-electron chi connectivity index (χ3n) is 1.62. The van der Waals surface area contributed by atoms with Crippen molar-refractivity contribution in [3.63, 3.8) is 0 Å². The van der Waals surface area contributed by atoms with Gasteiger partial charge in [-0.2, -0.15) is 0 Å². The number of benzene rings is 1. The van der Waals surface area contributed by atoms with Gasteiger partial charge in [0.2, 0.25) is 5.69 Å². The molecule has 0 fully saturated rings. The summed E-state index contributed by atoms with van der Waals surface area (Å²) in [4.78, 5) is 7.45. The first-order valence-corrected chi connectivity index (χ1v) is 4.20. The normalized spacial score (nSPS) is 9.92. The van der Waals surface area contributed by atoms with Crippen LogP contribution in [0.4, 0.5) is 11.4 Å². The van der Waals surface area contributed by atoms with Crippen LogP contribution in [0.15, 0.2) is 17.6 Å². The Balaban J connectivity index is 2.94. The SMILES string of the molecule is [C-]#[N+]c1c(N)ccc2ncsc12. The van der Waals surface area contributed by atoms with Gasteiger partial charge in [0.1, 0.15) is 0 Å². The minimum absolute atomic E-state index is 0.523. The molecule has 2 N–H and O–H groups in total. The van der Waals surface area contributed by atoms with Crippen molar-refractivity contribution in [1.82, 2.24) is 4.98 Å². The molecule has 58 valence electrons. The van der Waals surface area contributed by atoms with Crippen LogP contribution in [0.1, 0.15) is 0 Å². The number of anilines is 1. The van der Waals surface area contributed by atoms with Crippen LogP contribution < -0.4 is 5.73 Å². The van der Waals surface area contributed by atoms with E-state index in [1.807, 2.05) is 6.07 Å². The van der Waals surface area contributed by atoms with Crippen molar-refractivity contribution < 1.29 is 0 Å². The van der Waals surface area contributed by atoms with Crippen LogP contribution in [0.2, 0.25) is 0 Å².